The number of aliphatic imine (C=N–C) groups is 1. The van der Waals surface area contributed by atoms with Gasteiger partial charge in [-0.15, -0.1) is 0 Å². The van der Waals surface area contributed by atoms with Gasteiger partial charge in [-0.1, -0.05) is 6.07 Å². The molecule has 2 N–H and O–H groups in total. The second-order valence-corrected chi connectivity index (χ2v) is 6.47. The fraction of sp³-hybridized carbons (Fsp3) is 0.579. The summed E-state index contributed by atoms with van der Waals surface area (Å²) in [6.45, 7) is 6.61. The number of hydrogen-bond donors (Lipinski definition) is 2. The zero-order valence-electron chi connectivity index (χ0n) is 15.4. The highest BCUT2D eigenvalue weighted by Crippen LogP contribution is 2.30. The second kappa shape index (κ2) is 9.31. The van der Waals surface area contributed by atoms with Gasteiger partial charge in [0.2, 0.25) is 5.91 Å². The zero-order chi connectivity index (χ0) is 18.2. The molecule has 142 valence electrons. The molecule has 0 saturated carbocycles. The first-order valence-electron chi connectivity index (χ1n) is 9.44. The van der Waals surface area contributed by atoms with Gasteiger partial charge in [0.05, 0.1) is 26.3 Å². The van der Waals surface area contributed by atoms with Crippen LogP contribution in [0.15, 0.2) is 23.2 Å². The predicted molar refractivity (Wildman–Crippen MR) is 101 cm³/mol. The van der Waals surface area contributed by atoms with Crippen molar-refractivity contribution in [2.24, 2.45) is 4.99 Å². The molecule has 26 heavy (non-hydrogen) atoms. The lowest BCUT2D eigenvalue weighted by atomic mass is 10.2. The van der Waals surface area contributed by atoms with Crippen molar-refractivity contribution in [2.45, 2.75) is 32.7 Å². The van der Waals surface area contributed by atoms with Gasteiger partial charge in [-0.2, -0.15) is 0 Å². The first-order chi connectivity index (χ1) is 12.8. The van der Waals surface area contributed by atoms with E-state index in [0.717, 1.165) is 56.0 Å². The Morgan fingerprint density at radius 1 is 1.12 bits per heavy atom. The van der Waals surface area contributed by atoms with Gasteiger partial charge >= 0.3 is 0 Å². The number of hydrogen-bond acceptors (Lipinski definition) is 4. The molecule has 7 heteroatoms. The number of guanidine groups is 1. The molecule has 2 aliphatic heterocycles. The highest BCUT2D eigenvalue weighted by Gasteiger charge is 2.17. The first kappa shape index (κ1) is 18.4. The Kier molecular flexibility index (Phi) is 6.57. The van der Waals surface area contributed by atoms with Crippen LogP contribution in [0, 0.1) is 0 Å². The van der Waals surface area contributed by atoms with E-state index < -0.39 is 0 Å². The van der Waals surface area contributed by atoms with Crippen LogP contribution in [0.1, 0.15) is 31.7 Å². The molecule has 0 unspecified atom stereocenters. The van der Waals surface area contributed by atoms with E-state index in [4.69, 9.17) is 9.47 Å². The van der Waals surface area contributed by atoms with Gasteiger partial charge in [0.25, 0.3) is 0 Å². The van der Waals surface area contributed by atoms with E-state index in [0.29, 0.717) is 25.7 Å². The Morgan fingerprint density at radius 2 is 1.88 bits per heavy atom. The van der Waals surface area contributed by atoms with Crippen LogP contribution in [-0.2, 0) is 11.3 Å². The zero-order valence-corrected chi connectivity index (χ0v) is 15.4. The molecule has 2 heterocycles. The minimum Gasteiger partial charge on any atom is -0.490 e. The van der Waals surface area contributed by atoms with Crippen LogP contribution in [0.3, 0.4) is 0 Å². The number of rotatable bonds is 5. The molecule has 0 bridgehead atoms. The molecule has 1 aromatic rings. The maximum atomic E-state index is 12.2. The molecule has 1 fully saturated rings. The monoisotopic (exact) mass is 360 g/mol. The summed E-state index contributed by atoms with van der Waals surface area (Å²) in [5, 5.41) is 6.31. The third kappa shape index (κ3) is 5.03. The maximum Gasteiger partial charge on any atom is 0.241 e. The minimum atomic E-state index is 0.128. The maximum absolute atomic E-state index is 12.2. The Labute approximate surface area is 154 Å². The van der Waals surface area contributed by atoms with Crippen LogP contribution in [0.5, 0.6) is 11.5 Å². The van der Waals surface area contributed by atoms with Gasteiger partial charge in [-0.05, 0) is 37.5 Å². The van der Waals surface area contributed by atoms with E-state index in [2.05, 4.69) is 15.6 Å². The summed E-state index contributed by atoms with van der Waals surface area (Å²) in [5.74, 6) is 2.34. The molecule has 0 atom stereocenters. The van der Waals surface area contributed by atoms with Crippen LogP contribution in [0.4, 0.5) is 0 Å². The fourth-order valence-electron chi connectivity index (χ4n) is 3.06. The third-order valence-electron chi connectivity index (χ3n) is 4.44. The number of carbonyl (C=O) groups is 1. The number of benzene rings is 1. The van der Waals surface area contributed by atoms with E-state index >= 15 is 0 Å². The SMILES string of the molecule is CCNC(=NCc1ccc2c(c1)OCCCO2)NCC(=O)N1CCCC1. The molecular weight excluding hydrogens is 332 g/mol. The van der Waals surface area contributed by atoms with Crippen molar-refractivity contribution in [2.75, 3.05) is 39.4 Å². The molecule has 2 aliphatic rings. The summed E-state index contributed by atoms with van der Waals surface area (Å²) in [4.78, 5) is 18.7. The molecule has 0 aliphatic carbocycles. The van der Waals surface area contributed by atoms with Crippen molar-refractivity contribution >= 4 is 11.9 Å². The standard InChI is InChI=1S/C19H28N4O3/c1-2-20-19(22-14-18(24)23-8-3-4-9-23)21-13-15-6-7-16-17(12-15)26-11-5-10-25-16/h6-7,12H,2-5,8-11,13-14H2,1H3,(H2,20,21,22). The minimum absolute atomic E-state index is 0.128. The number of fused-ring (bicyclic) bond motifs is 1. The van der Waals surface area contributed by atoms with Gasteiger partial charge in [0.1, 0.15) is 0 Å². The van der Waals surface area contributed by atoms with Gasteiger partial charge in [0.15, 0.2) is 17.5 Å². The summed E-state index contributed by atoms with van der Waals surface area (Å²) in [5.41, 5.74) is 1.04. The normalized spacial score (nSPS) is 17.0. The average molecular weight is 360 g/mol. The summed E-state index contributed by atoms with van der Waals surface area (Å²) in [6.07, 6.45) is 3.09. The van der Waals surface area contributed by atoms with Crippen molar-refractivity contribution in [3.63, 3.8) is 0 Å². The summed E-state index contributed by atoms with van der Waals surface area (Å²) in [7, 11) is 0. The second-order valence-electron chi connectivity index (χ2n) is 6.47. The molecule has 0 radical (unpaired) electrons. The molecule has 0 aromatic heterocycles. The number of nitrogens with one attached hydrogen (secondary N) is 2. The lowest BCUT2D eigenvalue weighted by Gasteiger charge is -2.17. The third-order valence-corrected chi connectivity index (χ3v) is 4.44. The van der Waals surface area contributed by atoms with Crippen LogP contribution >= 0.6 is 0 Å². The smallest absolute Gasteiger partial charge is 0.241 e. The Balaban J connectivity index is 1.58. The Morgan fingerprint density at radius 3 is 2.65 bits per heavy atom. The van der Waals surface area contributed by atoms with Crippen LogP contribution in [0.2, 0.25) is 0 Å². The largest absolute Gasteiger partial charge is 0.490 e. The van der Waals surface area contributed by atoms with Crippen molar-refractivity contribution in [3.05, 3.63) is 23.8 Å². The van der Waals surface area contributed by atoms with E-state index in [9.17, 15) is 4.79 Å². The van der Waals surface area contributed by atoms with Crippen molar-refractivity contribution < 1.29 is 14.3 Å². The fourth-order valence-corrected chi connectivity index (χ4v) is 3.06. The van der Waals surface area contributed by atoms with Gasteiger partial charge in [-0.25, -0.2) is 4.99 Å². The van der Waals surface area contributed by atoms with E-state index in [1.165, 1.54) is 0 Å². The molecule has 7 nitrogen and oxygen atoms in total. The summed E-state index contributed by atoms with van der Waals surface area (Å²) < 4.78 is 11.4. The Hall–Kier alpha value is -2.44. The highest BCUT2D eigenvalue weighted by molar-refractivity contribution is 5.86. The quantitative estimate of drug-likeness (QED) is 0.615. The summed E-state index contributed by atoms with van der Waals surface area (Å²) >= 11 is 0. The van der Waals surface area contributed by atoms with Gasteiger partial charge < -0.3 is 25.0 Å². The van der Waals surface area contributed by atoms with Crippen LogP contribution in [-0.4, -0.2) is 56.2 Å². The van der Waals surface area contributed by atoms with Gasteiger partial charge in [0, 0.05) is 26.1 Å². The predicted octanol–water partition coefficient (Wildman–Crippen LogP) is 1.53. The first-order valence-corrected chi connectivity index (χ1v) is 9.44. The topological polar surface area (TPSA) is 75.2 Å². The lowest BCUT2D eigenvalue weighted by Crippen LogP contribution is -2.44. The average Bonchev–Trinajstić information content (AvgIpc) is 3.09. The molecule has 3 rings (SSSR count). The highest BCUT2D eigenvalue weighted by atomic mass is 16.5. The van der Waals surface area contributed by atoms with E-state index in [-0.39, 0.29) is 12.5 Å². The van der Waals surface area contributed by atoms with Crippen molar-refractivity contribution in [1.82, 2.24) is 15.5 Å². The molecule has 1 aromatic carbocycles. The van der Waals surface area contributed by atoms with Gasteiger partial charge in [-0.3, -0.25) is 4.79 Å². The molecular formula is C19H28N4O3. The molecule has 1 amide bonds. The van der Waals surface area contributed by atoms with E-state index in [1.54, 1.807) is 0 Å². The Bertz CT molecular complexity index is 642. The number of nitrogens with zero attached hydrogens (tertiary/aromatic N) is 2. The lowest BCUT2D eigenvalue weighted by molar-refractivity contribution is -0.128. The molecule has 1 saturated heterocycles. The van der Waals surface area contributed by atoms with Crippen LogP contribution < -0.4 is 20.1 Å². The summed E-state index contributed by atoms with van der Waals surface area (Å²) in [6, 6.07) is 5.90. The number of likely N-dealkylation sites (tertiary alicyclic amines) is 1. The number of amides is 1. The van der Waals surface area contributed by atoms with Crippen molar-refractivity contribution in [3.8, 4) is 11.5 Å². The number of ether oxygens (including phenoxy) is 2. The van der Waals surface area contributed by atoms with E-state index in [1.807, 2.05) is 30.0 Å². The number of carbonyl (C=O) groups excluding carboxylic acids is 1. The van der Waals surface area contributed by atoms with Crippen LogP contribution in [0.25, 0.3) is 0 Å². The van der Waals surface area contributed by atoms with Crippen molar-refractivity contribution in [1.29, 1.82) is 0 Å². The molecule has 0 spiro atoms.